The monoisotopic (exact) mass is 273 g/mol. The van der Waals surface area contributed by atoms with Crippen LogP contribution in [0, 0.1) is 5.82 Å². The second-order valence-corrected chi connectivity index (χ2v) is 5.09. The fourth-order valence-corrected chi connectivity index (χ4v) is 2.05. The summed E-state index contributed by atoms with van der Waals surface area (Å²) in [5.74, 6) is 1.03. The van der Waals surface area contributed by atoms with Crippen LogP contribution < -0.4 is 10.1 Å². The first-order valence-electron chi connectivity index (χ1n) is 6.81. The van der Waals surface area contributed by atoms with Crippen molar-refractivity contribution in [1.29, 1.82) is 0 Å². The van der Waals surface area contributed by atoms with E-state index in [0.29, 0.717) is 24.0 Å². The minimum absolute atomic E-state index is 0.294. The third-order valence-corrected chi connectivity index (χ3v) is 3.16. The van der Waals surface area contributed by atoms with Crippen LogP contribution in [-0.4, -0.2) is 7.05 Å². The summed E-state index contributed by atoms with van der Waals surface area (Å²) in [4.78, 5) is 0. The molecule has 0 aliphatic rings. The highest BCUT2D eigenvalue weighted by molar-refractivity contribution is 5.40. The van der Waals surface area contributed by atoms with Crippen molar-refractivity contribution < 1.29 is 9.13 Å². The molecule has 0 amide bonds. The number of hydrogen-bond acceptors (Lipinski definition) is 2. The molecule has 2 aromatic rings. The van der Waals surface area contributed by atoms with Gasteiger partial charge in [-0.25, -0.2) is 4.39 Å². The largest absolute Gasteiger partial charge is 0.454 e. The Morgan fingerprint density at radius 3 is 2.60 bits per heavy atom. The fraction of sp³-hybridized carbons (Fsp3) is 0.294. The molecule has 2 rings (SSSR count). The van der Waals surface area contributed by atoms with Crippen molar-refractivity contribution in [3.05, 3.63) is 59.4 Å². The fourth-order valence-electron chi connectivity index (χ4n) is 2.05. The molecule has 0 fully saturated rings. The number of para-hydroxylation sites is 1. The summed E-state index contributed by atoms with van der Waals surface area (Å²) in [6.07, 6.45) is 0. The molecule has 0 bridgehead atoms. The molecule has 0 saturated heterocycles. The number of halogens is 1. The highest BCUT2D eigenvalue weighted by Gasteiger charge is 2.11. The Bertz CT molecular complexity index is 581. The average Bonchev–Trinajstić information content (AvgIpc) is 2.43. The first-order valence-corrected chi connectivity index (χ1v) is 6.81. The Labute approximate surface area is 119 Å². The molecule has 0 aliphatic carbocycles. The van der Waals surface area contributed by atoms with Gasteiger partial charge in [-0.05, 0) is 36.7 Å². The van der Waals surface area contributed by atoms with Crippen LogP contribution in [0.2, 0.25) is 0 Å². The first kappa shape index (κ1) is 14.5. The van der Waals surface area contributed by atoms with Crippen LogP contribution in [0.25, 0.3) is 0 Å². The molecule has 0 unspecified atom stereocenters. The molecule has 0 aromatic heterocycles. The van der Waals surface area contributed by atoms with Gasteiger partial charge in [0.1, 0.15) is 5.75 Å². The van der Waals surface area contributed by atoms with Crippen LogP contribution >= 0.6 is 0 Å². The third kappa shape index (κ3) is 3.36. The molecule has 2 nitrogen and oxygen atoms in total. The lowest BCUT2D eigenvalue weighted by Crippen LogP contribution is -2.07. The third-order valence-electron chi connectivity index (χ3n) is 3.16. The van der Waals surface area contributed by atoms with Crippen molar-refractivity contribution >= 4 is 0 Å². The van der Waals surface area contributed by atoms with E-state index in [0.717, 1.165) is 5.56 Å². The molecule has 0 saturated carbocycles. The highest BCUT2D eigenvalue weighted by atomic mass is 19.1. The molecule has 0 heterocycles. The zero-order valence-corrected chi connectivity index (χ0v) is 12.1. The van der Waals surface area contributed by atoms with Gasteiger partial charge >= 0.3 is 0 Å². The number of nitrogens with one attached hydrogen (secondary N) is 1. The molecule has 106 valence electrons. The Morgan fingerprint density at radius 1 is 1.15 bits per heavy atom. The van der Waals surface area contributed by atoms with E-state index in [2.05, 4.69) is 19.2 Å². The van der Waals surface area contributed by atoms with Crippen molar-refractivity contribution in [2.24, 2.45) is 0 Å². The topological polar surface area (TPSA) is 21.3 Å². The molecule has 0 atom stereocenters. The zero-order valence-electron chi connectivity index (χ0n) is 12.1. The van der Waals surface area contributed by atoms with E-state index in [1.807, 2.05) is 37.4 Å². The maximum atomic E-state index is 14.0. The number of rotatable bonds is 5. The molecule has 20 heavy (non-hydrogen) atoms. The van der Waals surface area contributed by atoms with Crippen LogP contribution in [0.4, 0.5) is 4.39 Å². The van der Waals surface area contributed by atoms with E-state index in [4.69, 9.17) is 4.74 Å². The molecular weight excluding hydrogens is 253 g/mol. The first-order chi connectivity index (χ1) is 9.61. The van der Waals surface area contributed by atoms with Gasteiger partial charge in [-0.3, -0.25) is 0 Å². The quantitative estimate of drug-likeness (QED) is 0.868. The highest BCUT2D eigenvalue weighted by Crippen LogP contribution is 2.30. The molecule has 0 spiro atoms. The predicted molar refractivity (Wildman–Crippen MR) is 79.8 cm³/mol. The summed E-state index contributed by atoms with van der Waals surface area (Å²) in [6, 6.07) is 12.8. The number of ether oxygens (including phenoxy) is 1. The van der Waals surface area contributed by atoms with E-state index < -0.39 is 0 Å². The van der Waals surface area contributed by atoms with Crippen LogP contribution in [0.1, 0.15) is 30.9 Å². The summed E-state index contributed by atoms with van der Waals surface area (Å²) in [5.41, 5.74) is 1.98. The average molecular weight is 273 g/mol. The number of hydrogen-bond donors (Lipinski definition) is 1. The van der Waals surface area contributed by atoms with Crippen molar-refractivity contribution in [3.63, 3.8) is 0 Å². The van der Waals surface area contributed by atoms with Crippen molar-refractivity contribution in [2.75, 3.05) is 7.05 Å². The summed E-state index contributed by atoms with van der Waals surface area (Å²) in [5, 5.41) is 3.02. The van der Waals surface area contributed by atoms with Gasteiger partial charge in [0, 0.05) is 12.1 Å². The molecule has 3 heteroatoms. The molecule has 0 radical (unpaired) electrons. The van der Waals surface area contributed by atoms with Gasteiger partial charge < -0.3 is 10.1 Å². The van der Waals surface area contributed by atoms with Gasteiger partial charge in [0.25, 0.3) is 0 Å². The second kappa shape index (κ2) is 6.53. The standard InChI is InChI=1S/C17H20FNO/c1-12(2)13-6-4-8-15(10-13)20-17-14(11-19-3)7-5-9-16(17)18/h4-10,12,19H,11H2,1-3H3. The van der Waals surface area contributed by atoms with E-state index in [1.54, 1.807) is 6.07 Å². The Balaban J connectivity index is 2.32. The van der Waals surface area contributed by atoms with Crippen LogP contribution in [0.3, 0.4) is 0 Å². The maximum Gasteiger partial charge on any atom is 0.167 e. The Hall–Kier alpha value is -1.87. The Morgan fingerprint density at radius 2 is 1.90 bits per heavy atom. The van der Waals surface area contributed by atoms with Gasteiger partial charge in [0.2, 0.25) is 0 Å². The second-order valence-electron chi connectivity index (χ2n) is 5.09. The maximum absolute atomic E-state index is 14.0. The minimum atomic E-state index is -0.340. The van der Waals surface area contributed by atoms with Gasteiger partial charge in [0.05, 0.1) is 0 Å². The summed E-state index contributed by atoms with van der Waals surface area (Å²) < 4.78 is 19.7. The van der Waals surface area contributed by atoms with Crippen LogP contribution in [-0.2, 0) is 6.54 Å². The lowest BCUT2D eigenvalue weighted by molar-refractivity contribution is 0.434. The van der Waals surface area contributed by atoms with E-state index >= 15 is 0 Å². The van der Waals surface area contributed by atoms with Crippen molar-refractivity contribution in [1.82, 2.24) is 5.32 Å². The van der Waals surface area contributed by atoms with Gasteiger partial charge in [0.15, 0.2) is 11.6 Å². The lowest BCUT2D eigenvalue weighted by atomic mass is 10.0. The van der Waals surface area contributed by atoms with Crippen LogP contribution in [0.15, 0.2) is 42.5 Å². The normalized spacial score (nSPS) is 10.8. The van der Waals surface area contributed by atoms with Crippen molar-refractivity contribution in [2.45, 2.75) is 26.3 Å². The summed E-state index contributed by atoms with van der Waals surface area (Å²) in [7, 11) is 1.83. The van der Waals surface area contributed by atoms with E-state index in [9.17, 15) is 4.39 Å². The summed E-state index contributed by atoms with van der Waals surface area (Å²) >= 11 is 0. The zero-order chi connectivity index (χ0) is 14.5. The molecule has 0 aliphatic heterocycles. The van der Waals surface area contributed by atoms with Gasteiger partial charge in [-0.2, -0.15) is 0 Å². The molecule has 2 aromatic carbocycles. The van der Waals surface area contributed by atoms with Gasteiger partial charge in [-0.15, -0.1) is 0 Å². The Kier molecular flexibility index (Phi) is 4.74. The molecule has 1 N–H and O–H groups in total. The van der Waals surface area contributed by atoms with E-state index in [1.165, 1.54) is 11.6 Å². The van der Waals surface area contributed by atoms with Gasteiger partial charge in [-0.1, -0.05) is 38.1 Å². The summed E-state index contributed by atoms with van der Waals surface area (Å²) in [6.45, 7) is 4.81. The minimum Gasteiger partial charge on any atom is -0.454 e. The smallest absolute Gasteiger partial charge is 0.167 e. The SMILES string of the molecule is CNCc1cccc(F)c1Oc1cccc(C(C)C)c1. The van der Waals surface area contributed by atoms with Crippen LogP contribution in [0.5, 0.6) is 11.5 Å². The predicted octanol–water partition coefficient (Wildman–Crippen LogP) is 4.46. The number of benzene rings is 2. The van der Waals surface area contributed by atoms with Crippen molar-refractivity contribution in [3.8, 4) is 11.5 Å². The lowest BCUT2D eigenvalue weighted by Gasteiger charge is -2.13. The van der Waals surface area contributed by atoms with E-state index in [-0.39, 0.29) is 5.82 Å². The molecular formula is C17H20FNO.